The number of aliphatic hydroxyl groups is 1. The van der Waals surface area contributed by atoms with Crippen LogP contribution in [0.3, 0.4) is 0 Å². The van der Waals surface area contributed by atoms with Crippen LogP contribution >= 0.6 is 11.6 Å². The lowest BCUT2D eigenvalue weighted by atomic mass is 9.92. The summed E-state index contributed by atoms with van der Waals surface area (Å²) in [6.45, 7) is 2.44. The molecule has 0 amide bonds. The molecule has 3 aromatic heterocycles. The molecule has 37 heavy (non-hydrogen) atoms. The van der Waals surface area contributed by atoms with Crippen molar-refractivity contribution in [2.75, 3.05) is 26.9 Å². The second-order valence-electron chi connectivity index (χ2n) is 9.08. The normalized spacial score (nSPS) is 17.4. The number of benzene rings is 1. The zero-order valence-corrected chi connectivity index (χ0v) is 20.8. The summed E-state index contributed by atoms with van der Waals surface area (Å²) in [4.78, 5) is 15.8. The summed E-state index contributed by atoms with van der Waals surface area (Å²) in [6.07, 6.45) is 4.84. The van der Waals surface area contributed by atoms with Gasteiger partial charge in [-0.05, 0) is 29.8 Å². The fourth-order valence-electron chi connectivity index (χ4n) is 3.99. The van der Waals surface area contributed by atoms with Crippen LogP contribution in [-0.2, 0) is 11.2 Å². The van der Waals surface area contributed by atoms with E-state index in [2.05, 4.69) is 19.9 Å². The van der Waals surface area contributed by atoms with Gasteiger partial charge in [0, 0.05) is 41.6 Å². The molecule has 5 rings (SSSR count). The van der Waals surface area contributed by atoms with Crippen LogP contribution < -0.4 is 9.47 Å². The molecule has 1 atom stereocenters. The van der Waals surface area contributed by atoms with Crippen molar-refractivity contribution in [1.29, 1.82) is 0 Å². The van der Waals surface area contributed by atoms with E-state index >= 15 is 8.78 Å². The number of ether oxygens (including phenoxy) is 3. The first-order valence-corrected chi connectivity index (χ1v) is 11.8. The van der Waals surface area contributed by atoms with Crippen molar-refractivity contribution in [2.24, 2.45) is 10.4 Å². The third-order valence-corrected chi connectivity index (χ3v) is 6.35. The molecule has 1 aliphatic rings. The van der Waals surface area contributed by atoms with Gasteiger partial charge in [0.25, 0.3) is 0 Å². The fourth-order valence-corrected chi connectivity index (χ4v) is 4.23. The van der Waals surface area contributed by atoms with Crippen molar-refractivity contribution in [1.82, 2.24) is 15.0 Å². The molecule has 1 aromatic carbocycles. The van der Waals surface area contributed by atoms with Gasteiger partial charge in [-0.3, -0.25) is 4.99 Å². The minimum Gasteiger partial charge on any atom is -0.480 e. The van der Waals surface area contributed by atoms with Crippen LogP contribution in [0.5, 0.6) is 17.4 Å². The number of halogens is 3. The molecule has 8 nitrogen and oxygen atoms in total. The van der Waals surface area contributed by atoms with Gasteiger partial charge in [-0.25, -0.2) is 18.7 Å². The van der Waals surface area contributed by atoms with Gasteiger partial charge in [0.2, 0.25) is 5.88 Å². The third-order valence-electron chi connectivity index (χ3n) is 6.08. The number of rotatable bonds is 7. The second-order valence-corrected chi connectivity index (χ2v) is 9.49. The zero-order chi connectivity index (χ0) is 26.2. The lowest BCUT2D eigenvalue weighted by Crippen LogP contribution is -2.36. The number of aliphatic imine (C=N–C) groups is 1. The lowest BCUT2D eigenvalue weighted by Gasteiger charge is -2.30. The van der Waals surface area contributed by atoms with Crippen LogP contribution in [0, 0.1) is 17.0 Å². The van der Waals surface area contributed by atoms with Crippen LogP contribution in [0.15, 0.2) is 47.8 Å². The summed E-state index contributed by atoms with van der Waals surface area (Å²) in [5.41, 5.74) is 1.61. The van der Waals surface area contributed by atoms with Crippen molar-refractivity contribution >= 4 is 28.5 Å². The van der Waals surface area contributed by atoms with Crippen LogP contribution in [0.4, 0.5) is 8.78 Å². The van der Waals surface area contributed by atoms with Crippen molar-refractivity contribution in [3.8, 4) is 28.5 Å². The molecule has 0 saturated carbocycles. The predicted octanol–water partition coefficient (Wildman–Crippen LogP) is 5.33. The fraction of sp³-hybridized carbons (Fsp3) is 0.269. The minimum absolute atomic E-state index is 0.0633. The number of fused-ring (bicyclic) bond motifs is 1. The maximum absolute atomic E-state index is 15.1. The Bertz CT molecular complexity index is 1490. The monoisotopic (exact) mass is 528 g/mol. The summed E-state index contributed by atoms with van der Waals surface area (Å²) in [7, 11) is 1.46. The average Bonchev–Trinajstić information content (AvgIpc) is 3.33. The summed E-state index contributed by atoms with van der Waals surface area (Å²) < 4.78 is 46.6. The highest BCUT2D eigenvalue weighted by Gasteiger charge is 2.29. The molecule has 0 aliphatic carbocycles. The van der Waals surface area contributed by atoms with Crippen molar-refractivity contribution in [3.63, 3.8) is 0 Å². The topological polar surface area (TPSA) is 102 Å². The number of aliphatic hydroxyl groups excluding tert-OH is 1. The van der Waals surface area contributed by atoms with Gasteiger partial charge in [0.05, 0.1) is 32.3 Å². The van der Waals surface area contributed by atoms with E-state index in [1.165, 1.54) is 31.5 Å². The largest absolute Gasteiger partial charge is 0.480 e. The smallest absolute Gasteiger partial charge is 0.232 e. The average molecular weight is 529 g/mol. The van der Waals surface area contributed by atoms with E-state index in [1.807, 2.05) is 6.92 Å². The van der Waals surface area contributed by atoms with E-state index in [-0.39, 0.29) is 31.3 Å². The SMILES string of the molecule is COc1ncc(-c2c[nH]c3nccc(Oc4c(F)cc(CC5=NCC(C)(CO)CO5)cc4F)c23)cc1Cl. The van der Waals surface area contributed by atoms with Gasteiger partial charge in [0.1, 0.15) is 16.4 Å². The van der Waals surface area contributed by atoms with Crippen LogP contribution in [0.2, 0.25) is 5.02 Å². The molecule has 4 aromatic rings. The Morgan fingerprint density at radius 3 is 2.65 bits per heavy atom. The number of H-pyrrole nitrogens is 1. The highest BCUT2D eigenvalue weighted by atomic mass is 35.5. The number of hydrogen-bond donors (Lipinski definition) is 2. The molecule has 0 spiro atoms. The highest BCUT2D eigenvalue weighted by molar-refractivity contribution is 6.32. The van der Waals surface area contributed by atoms with Crippen molar-refractivity contribution in [2.45, 2.75) is 13.3 Å². The maximum atomic E-state index is 15.1. The molecule has 0 fully saturated rings. The molecule has 192 valence electrons. The minimum atomic E-state index is -0.872. The molecule has 0 bridgehead atoms. The number of aromatic nitrogens is 3. The van der Waals surface area contributed by atoms with Gasteiger partial charge >= 0.3 is 0 Å². The van der Waals surface area contributed by atoms with Gasteiger partial charge < -0.3 is 24.3 Å². The molecule has 1 unspecified atom stereocenters. The Morgan fingerprint density at radius 2 is 2.00 bits per heavy atom. The van der Waals surface area contributed by atoms with Crippen LogP contribution in [0.1, 0.15) is 12.5 Å². The summed E-state index contributed by atoms with van der Waals surface area (Å²) in [6, 6.07) is 5.57. The van der Waals surface area contributed by atoms with Crippen LogP contribution in [-0.4, -0.2) is 52.8 Å². The molecule has 0 saturated heterocycles. The van der Waals surface area contributed by atoms with E-state index in [4.69, 9.17) is 25.8 Å². The van der Waals surface area contributed by atoms with Gasteiger partial charge in [0.15, 0.2) is 23.3 Å². The Kier molecular flexibility index (Phi) is 6.70. The van der Waals surface area contributed by atoms with Gasteiger partial charge in [-0.2, -0.15) is 0 Å². The van der Waals surface area contributed by atoms with E-state index in [1.54, 1.807) is 18.5 Å². The first-order valence-electron chi connectivity index (χ1n) is 11.4. The van der Waals surface area contributed by atoms with Gasteiger partial charge in [-0.1, -0.05) is 18.5 Å². The van der Waals surface area contributed by atoms with Gasteiger partial charge in [-0.15, -0.1) is 0 Å². The third kappa shape index (κ3) is 4.94. The Labute approximate surface area is 215 Å². The van der Waals surface area contributed by atoms with E-state index < -0.39 is 22.8 Å². The zero-order valence-electron chi connectivity index (χ0n) is 20.0. The molecule has 1 aliphatic heterocycles. The maximum Gasteiger partial charge on any atom is 0.232 e. The number of pyridine rings is 2. The summed E-state index contributed by atoms with van der Waals surface area (Å²) >= 11 is 6.24. The van der Waals surface area contributed by atoms with E-state index in [0.29, 0.717) is 45.2 Å². The first-order chi connectivity index (χ1) is 17.8. The molecular weight excluding hydrogens is 506 g/mol. The Hall–Kier alpha value is -3.76. The lowest BCUT2D eigenvalue weighted by molar-refractivity contribution is 0.0691. The molecular formula is C26H23ClF2N4O4. The standard InChI is InChI=1S/C26H23ClF2N4O4/c1-26(12-34)11-33-21(36-13-26)7-14-5-18(28)23(19(29)6-14)37-20-3-4-30-24-22(20)16(10-31-24)15-8-17(27)25(35-2)32-9-15/h3-6,8-10,34H,7,11-13H2,1-2H3,(H,30,31). The number of nitrogens with one attached hydrogen (secondary N) is 1. The summed E-state index contributed by atoms with van der Waals surface area (Å²) in [5.74, 6) is -1.46. The number of hydrogen-bond acceptors (Lipinski definition) is 7. The van der Waals surface area contributed by atoms with Crippen LogP contribution in [0.25, 0.3) is 22.2 Å². The quantitative estimate of drug-likeness (QED) is 0.336. The number of aromatic amines is 1. The first kappa shape index (κ1) is 24.9. The number of nitrogens with zero attached hydrogens (tertiary/aromatic N) is 3. The Balaban J connectivity index is 1.44. The molecule has 2 N–H and O–H groups in total. The van der Waals surface area contributed by atoms with Crippen molar-refractivity contribution in [3.05, 3.63) is 65.1 Å². The highest BCUT2D eigenvalue weighted by Crippen LogP contribution is 2.39. The van der Waals surface area contributed by atoms with Crippen molar-refractivity contribution < 1.29 is 28.1 Å². The predicted molar refractivity (Wildman–Crippen MR) is 134 cm³/mol. The second kappa shape index (κ2) is 9.95. The number of methoxy groups -OCH3 is 1. The Morgan fingerprint density at radius 1 is 1.22 bits per heavy atom. The molecule has 11 heteroatoms. The molecule has 4 heterocycles. The van der Waals surface area contributed by atoms with E-state index in [9.17, 15) is 5.11 Å². The summed E-state index contributed by atoms with van der Waals surface area (Å²) in [5, 5.41) is 10.2. The van der Waals surface area contributed by atoms with E-state index in [0.717, 1.165) is 0 Å². The molecule has 0 radical (unpaired) electrons.